The molecule has 2 heterocycles. The zero-order chi connectivity index (χ0) is 13.1. The van der Waals surface area contributed by atoms with Crippen LogP contribution in [-0.2, 0) is 11.3 Å². The van der Waals surface area contributed by atoms with Gasteiger partial charge in [-0.05, 0) is 26.0 Å². The number of hydrazine groups is 1. The maximum absolute atomic E-state index is 11.9. The second kappa shape index (κ2) is 5.43. The number of aryl methyl sites for hydroxylation is 1. The molecule has 1 saturated heterocycles. The molecule has 3 atom stereocenters. The van der Waals surface area contributed by atoms with Crippen molar-refractivity contribution in [3.8, 4) is 0 Å². The number of aromatic nitrogens is 1. The lowest BCUT2D eigenvalue weighted by Gasteiger charge is -2.15. The quantitative estimate of drug-likeness (QED) is 0.563. The number of hydrogen-bond acceptors (Lipinski definition) is 5. The van der Waals surface area contributed by atoms with Gasteiger partial charge in [-0.2, -0.15) is 0 Å². The van der Waals surface area contributed by atoms with E-state index < -0.39 is 6.04 Å². The van der Waals surface area contributed by atoms with Crippen molar-refractivity contribution < 1.29 is 4.79 Å². The minimum absolute atomic E-state index is 0.0813. The second-order valence-corrected chi connectivity index (χ2v) is 4.62. The van der Waals surface area contributed by atoms with Gasteiger partial charge in [-0.15, -0.1) is 0 Å². The summed E-state index contributed by atoms with van der Waals surface area (Å²) >= 11 is 0. The number of rotatable bonds is 3. The fourth-order valence-corrected chi connectivity index (χ4v) is 1.93. The summed E-state index contributed by atoms with van der Waals surface area (Å²) in [7, 11) is 0. The number of pyridine rings is 1. The molecule has 1 amide bonds. The lowest BCUT2D eigenvalue weighted by molar-refractivity contribution is -0.123. The number of nitrogens with zero attached hydrogens (tertiary/aromatic N) is 1. The first-order valence-electron chi connectivity index (χ1n) is 6.05. The number of amides is 1. The molecule has 0 aromatic carbocycles. The Balaban J connectivity index is 1.89. The molecule has 0 bridgehead atoms. The van der Waals surface area contributed by atoms with E-state index in [1.807, 2.05) is 32.0 Å². The van der Waals surface area contributed by atoms with Gasteiger partial charge < -0.3 is 11.1 Å². The largest absolute Gasteiger partial charge is 0.349 e. The fourth-order valence-electron chi connectivity index (χ4n) is 1.93. The predicted molar refractivity (Wildman–Crippen MR) is 68.3 cm³/mol. The molecule has 1 fully saturated rings. The zero-order valence-corrected chi connectivity index (χ0v) is 10.6. The molecule has 0 aliphatic carbocycles. The molecule has 3 unspecified atom stereocenters. The van der Waals surface area contributed by atoms with Gasteiger partial charge in [-0.25, -0.2) is 5.43 Å². The molecule has 1 aliphatic heterocycles. The molecule has 2 rings (SSSR count). The summed E-state index contributed by atoms with van der Waals surface area (Å²) in [5.74, 6) is -0.109. The van der Waals surface area contributed by atoms with E-state index in [4.69, 9.17) is 5.73 Å². The minimum Gasteiger partial charge on any atom is -0.349 e. The Kier molecular flexibility index (Phi) is 3.90. The molecular formula is C12H19N5O. The monoisotopic (exact) mass is 249 g/mol. The van der Waals surface area contributed by atoms with Crippen LogP contribution in [0.3, 0.4) is 0 Å². The van der Waals surface area contributed by atoms with Gasteiger partial charge in [0.1, 0.15) is 6.04 Å². The van der Waals surface area contributed by atoms with Crippen LogP contribution in [0, 0.1) is 6.92 Å². The smallest absolute Gasteiger partial charge is 0.240 e. The first-order valence-corrected chi connectivity index (χ1v) is 6.05. The van der Waals surface area contributed by atoms with Gasteiger partial charge in [-0.1, -0.05) is 6.07 Å². The van der Waals surface area contributed by atoms with Crippen molar-refractivity contribution in [1.82, 2.24) is 21.2 Å². The summed E-state index contributed by atoms with van der Waals surface area (Å²) < 4.78 is 0. The SMILES string of the molecule is Cc1cccc(CNC(=O)C2NNC(C)C2N)n1. The van der Waals surface area contributed by atoms with Crippen LogP contribution in [0.2, 0.25) is 0 Å². The summed E-state index contributed by atoms with van der Waals surface area (Å²) in [5.41, 5.74) is 13.5. The Labute approximate surface area is 106 Å². The van der Waals surface area contributed by atoms with Crippen LogP contribution in [0.25, 0.3) is 0 Å². The fraction of sp³-hybridized carbons (Fsp3) is 0.500. The van der Waals surface area contributed by atoms with Crippen LogP contribution in [0.1, 0.15) is 18.3 Å². The van der Waals surface area contributed by atoms with E-state index in [-0.39, 0.29) is 18.0 Å². The number of carbonyl (C=O) groups excluding carboxylic acids is 1. The maximum Gasteiger partial charge on any atom is 0.240 e. The highest BCUT2D eigenvalue weighted by Crippen LogP contribution is 2.04. The van der Waals surface area contributed by atoms with Crippen molar-refractivity contribution in [3.05, 3.63) is 29.6 Å². The lowest BCUT2D eigenvalue weighted by Crippen LogP contribution is -2.50. The molecular weight excluding hydrogens is 230 g/mol. The number of nitrogens with one attached hydrogen (secondary N) is 3. The number of hydrogen-bond donors (Lipinski definition) is 4. The van der Waals surface area contributed by atoms with E-state index in [1.165, 1.54) is 0 Å². The molecule has 98 valence electrons. The van der Waals surface area contributed by atoms with Crippen molar-refractivity contribution >= 4 is 5.91 Å². The Morgan fingerprint density at radius 2 is 2.28 bits per heavy atom. The Bertz CT molecular complexity index is 436. The Hall–Kier alpha value is -1.50. The van der Waals surface area contributed by atoms with Crippen molar-refractivity contribution in [1.29, 1.82) is 0 Å². The van der Waals surface area contributed by atoms with Gasteiger partial charge >= 0.3 is 0 Å². The molecule has 0 spiro atoms. The first-order chi connectivity index (χ1) is 8.58. The maximum atomic E-state index is 11.9. The van der Waals surface area contributed by atoms with Crippen molar-refractivity contribution in [2.75, 3.05) is 0 Å². The molecule has 1 aliphatic rings. The van der Waals surface area contributed by atoms with Gasteiger partial charge in [0.15, 0.2) is 0 Å². The summed E-state index contributed by atoms with van der Waals surface area (Å²) in [5, 5.41) is 2.84. The van der Waals surface area contributed by atoms with E-state index in [9.17, 15) is 4.79 Å². The van der Waals surface area contributed by atoms with Crippen LogP contribution < -0.4 is 21.9 Å². The highest BCUT2D eigenvalue weighted by atomic mass is 16.2. The molecule has 0 radical (unpaired) electrons. The average molecular weight is 249 g/mol. The van der Waals surface area contributed by atoms with Gasteiger partial charge in [0.2, 0.25) is 5.91 Å². The molecule has 1 aromatic heterocycles. The first kappa shape index (κ1) is 12.9. The minimum atomic E-state index is -0.398. The Morgan fingerprint density at radius 1 is 1.50 bits per heavy atom. The van der Waals surface area contributed by atoms with Crippen LogP contribution in [-0.4, -0.2) is 29.0 Å². The standard InChI is InChI=1S/C12H19N5O/c1-7-4-3-5-9(15-7)6-14-12(18)11-10(13)8(2)16-17-11/h3-5,8,10-11,16-17H,6,13H2,1-2H3,(H,14,18). The molecule has 0 saturated carbocycles. The van der Waals surface area contributed by atoms with Crippen LogP contribution in [0.15, 0.2) is 18.2 Å². The summed E-state index contributed by atoms with van der Waals surface area (Å²) in [6, 6.07) is 5.19. The van der Waals surface area contributed by atoms with Gasteiger partial charge in [0.05, 0.1) is 12.2 Å². The number of carbonyl (C=O) groups is 1. The summed E-state index contributed by atoms with van der Waals surface area (Å²) in [6.45, 7) is 4.28. The zero-order valence-electron chi connectivity index (χ0n) is 10.6. The van der Waals surface area contributed by atoms with E-state index in [0.29, 0.717) is 6.54 Å². The highest BCUT2D eigenvalue weighted by molar-refractivity contribution is 5.82. The van der Waals surface area contributed by atoms with E-state index in [0.717, 1.165) is 11.4 Å². The van der Waals surface area contributed by atoms with Crippen LogP contribution in [0.4, 0.5) is 0 Å². The summed E-state index contributed by atoms with van der Waals surface area (Å²) in [6.07, 6.45) is 0. The van der Waals surface area contributed by atoms with Crippen molar-refractivity contribution in [2.45, 2.75) is 38.5 Å². The molecule has 18 heavy (non-hydrogen) atoms. The molecule has 5 N–H and O–H groups in total. The highest BCUT2D eigenvalue weighted by Gasteiger charge is 2.34. The summed E-state index contributed by atoms with van der Waals surface area (Å²) in [4.78, 5) is 16.3. The predicted octanol–water partition coefficient (Wildman–Crippen LogP) is -0.802. The third-order valence-corrected chi connectivity index (χ3v) is 3.10. The Morgan fingerprint density at radius 3 is 2.89 bits per heavy atom. The van der Waals surface area contributed by atoms with Gasteiger partial charge in [0, 0.05) is 17.8 Å². The van der Waals surface area contributed by atoms with Crippen molar-refractivity contribution in [2.24, 2.45) is 5.73 Å². The third-order valence-electron chi connectivity index (χ3n) is 3.10. The van der Waals surface area contributed by atoms with E-state index in [1.54, 1.807) is 0 Å². The lowest BCUT2D eigenvalue weighted by atomic mass is 10.1. The molecule has 6 nitrogen and oxygen atoms in total. The van der Waals surface area contributed by atoms with E-state index >= 15 is 0 Å². The van der Waals surface area contributed by atoms with Crippen LogP contribution in [0.5, 0.6) is 0 Å². The normalized spacial score (nSPS) is 27.2. The third kappa shape index (κ3) is 2.84. The molecule has 1 aromatic rings. The topological polar surface area (TPSA) is 92.1 Å². The van der Waals surface area contributed by atoms with Gasteiger partial charge in [-0.3, -0.25) is 15.2 Å². The molecule has 6 heteroatoms. The number of nitrogens with two attached hydrogens (primary N) is 1. The van der Waals surface area contributed by atoms with Crippen LogP contribution >= 0.6 is 0 Å². The van der Waals surface area contributed by atoms with E-state index in [2.05, 4.69) is 21.2 Å². The van der Waals surface area contributed by atoms with Gasteiger partial charge in [0.25, 0.3) is 0 Å². The average Bonchev–Trinajstić information content (AvgIpc) is 2.67. The van der Waals surface area contributed by atoms with Crippen molar-refractivity contribution in [3.63, 3.8) is 0 Å². The second-order valence-electron chi connectivity index (χ2n) is 4.62.